The van der Waals surface area contributed by atoms with E-state index < -0.39 is 0 Å². The Hall–Kier alpha value is -3.69. The molecule has 1 saturated heterocycles. The third-order valence-electron chi connectivity index (χ3n) is 5.19. The molecule has 10 nitrogen and oxygen atoms in total. The van der Waals surface area contributed by atoms with Gasteiger partial charge in [0.1, 0.15) is 30.4 Å². The van der Waals surface area contributed by atoms with Crippen molar-refractivity contribution in [3.63, 3.8) is 0 Å². The van der Waals surface area contributed by atoms with Crippen LogP contribution in [0.5, 0.6) is 5.88 Å². The summed E-state index contributed by atoms with van der Waals surface area (Å²) in [7, 11) is 0. The topological polar surface area (TPSA) is 108 Å². The van der Waals surface area contributed by atoms with E-state index in [0.717, 1.165) is 48.1 Å². The molecule has 0 aromatic carbocycles. The Balaban J connectivity index is 1.45. The molecule has 0 bridgehead atoms. The number of hydrogen-bond donors (Lipinski definition) is 0. The molecule has 10 heteroatoms. The average Bonchev–Trinajstić information content (AvgIpc) is 3.40. The van der Waals surface area contributed by atoms with Gasteiger partial charge in [0, 0.05) is 31.9 Å². The number of nitrogens with zero attached hydrogens (tertiary/aromatic N) is 9. The van der Waals surface area contributed by atoms with Gasteiger partial charge >= 0.3 is 0 Å². The fourth-order valence-electron chi connectivity index (χ4n) is 3.70. The van der Waals surface area contributed by atoms with Crippen LogP contribution < -0.4 is 9.64 Å². The molecule has 1 atom stereocenters. The van der Waals surface area contributed by atoms with E-state index in [-0.39, 0.29) is 6.10 Å². The van der Waals surface area contributed by atoms with Crippen LogP contribution in [-0.4, -0.2) is 58.6 Å². The predicted molar refractivity (Wildman–Crippen MR) is 110 cm³/mol. The lowest BCUT2D eigenvalue weighted by Gasteiger charge is -2.17. The number of ether oxygens (including phenoxy) is 1. The van der Waals surface area contributed by atoms with Crippen LogP contribution >= 0.6 is 0 Å². The second-order valence-corrected chi connectivity index (χ2v) is 7.12. The first-order chi connectivity index (χ1) is 14.7. The Bertz CT molecular complexity index is 1160. The lowest BCUT2D eigenvalue weighted by Crippen LogP contribution is -2.25. The molecule has 1 aliphatic heterocycles. The summed E-state index contributed by atoms with van der Waals surface area (Å²) in [6.07, 6.45) is 11.1. The minimum Gasteiger partial charge on any atom is -0.471 e. The maximum atomic E-state index is 6.27. The van der Waals surface area contributed by atoms with Gasteiger partial charge in [-0.15, -0.1) is 0 Å². The highest BCUT2D eigenvalue weighted by Crippen LogP contribution is 2.29. The van der Waals surface area contributed by atoms with Gasteiger partial charge in [0.05, 0.1) is 30.2 Å². The number of fused-ring (bicyclic) bond motifs is 1. The third kappa shape index (κ3) is 3.30. The molecule has 5 heterocycles. The Morgan fingerprint density at radius 2 is 1.83 bits per heavy atom. The van der Waals surface area contributed by atoms with Crippen molar-refractivity contribution < 1.29 is 4.74 Å². The van der Waals surface area contributed by atoms with Gasteiger partial charge in [-0.25, -0.2) is 29.9 Å². The zero-order valence-corrected chi connectivity index (χ0v) is 16.8. The summed E-state index contributed by atoms with van der Waals surface area (Å²) in [6.45, 7) is 6.24. The molecule has 0 spiro atoms. The highest BCUT2D eigenvalue weighted by molar-refractivity contribution is 5.81. The molecule has 0 radical (unpaired) electrons. The van der Waals surface area contributed by atoms with Gasteiger partial charge in [-0.2, -0.15) is 4.98 Å². The molecule has 1 unspecified atom stereocenters. The molecule has 0 N–H and O–H groups in total. The number of hydrogen-bond acceptors (Lipinski definition) is 9. The van der Waals surface area contributed by atoms with Crippen LogP contribution in [0.1, 0.15) is 19.2 Å². The van der Waals surface area contributed by atoms with Crippen LogP contribution in [0, 0.1) is 6.92 Å². The second-order valence-electron chi connectivity index (χ2n) is 7.12. The number of imidazole rings is 1. The summed E-state index contributed by atoms with van der Waals surface area (Å²) in [5.74, 6) is 1.97. The maximum absolute atomic E-state index is 6.27. The third-order valence-corrected chi connectivity index (χ3v) is 5.19. The first-order valence-electron chi connectivity index (χ1n) is 9.89. The van der Waals surface area contributed by atoms with Crippen molar-refractivity contribution in [2.24, 2.45) is 0 Å². The van der Waals surface area contributed by atoms with Crippen molar-refractivity contribution in [2.45, 2.75) is 32.9 Å². The van der Waals surface area contributed by atoms with E-state index in [1.807, 2.05) is 23.9 Å². The summed E-state index contributed by atoms with van der Waals surface area (Å²) < 4.78 is 8.30. The number of aromatic nitrogens is 8. The zero-order valence-electron chi connectivity index (χ0n) is 16.8. The number of aryl methyl sites for hydroxylation is 2. The molecule has 1 aliphatic rings. The van der Waals surface area contributed by atoms with Gasteiger partial charge in [0.25, 0.3) is 0 Å². The van der Waals surface area contributed by atoms with E-state index in [2.05, 4.69) is 41.7 Å². The summed E-state index contributed by atoms with van der Waals surface area (Å²) in [5.41, 5.74) is 3.22. The normalized spacial score (nSPS) is 16.3. The lowest BCUT2D eigenvalue weighted by atomic mass is 10.3. The molecule has 5 rings (SSSR count). The van der Waals surface area contributed by atoms with Crippen molar-refractivity contribution in [3.05, 3.63) is 43.3 Å². The lowest BCUT2D eigenvalue weighted by molar-refractivity contribution is 0.218. The van der Waals surface area contributed by atoms with E-state index in [1.165, 1.54) is 12.7 Å². The molecule has 0 aliphatic carbocycles. The van der Waals surface area contributed by atoms with Gasteiger partial charge in [-0.05, 0) is 13.8 Å². The van der Waals surface area contributed by atoms with Gasteiger partial charge < -0.3 is 14.2 Å². The van der Waals surface area contributed by atoms with Crippen LogP contribution in [-0.2, 0) is 6.54 Å². The van der Waals surface area contributed by atoms with Crippen molar-refractivity contribution in [3.8, 4) is 17.3 Å². The Morgan fingerprint density at radius 1 is 1.03 bits per heavy atom. The molecule has 4 aromatic rings. The molecule has 152 valence electrons. The Kier molecular flexibility index (Phi) is 4.66. The summed E-state index contributed by atoms with van der Waals surface area (Å²) in [5, 5.41) is 0. The Morgan fingerprint density at radius 3 is 2.60 bits per heavy atom. The van der Waals surface area contributed by atoms with E-state index >= 15 is 0 Å². The molecule has 4 aromatic heterocycles. The average molecular weight is 403 g/mol. The number of anilines is 1. The summed E-state index contributed by atoms with van der Waals surface area (Å²) in [4.78, 5) is 32.6. The predicted octanol–water partition coefficient (Wildman–Crippen LogP) is 2.06. The van der Waals surface area contributed by atoms with Crippen LogP contribution in [0.4, 0.5) is 5.69 Å². The standard InChI is InChI=1S/C20H21N9O/c1-3-29-18(14-6-23-13(2)24-7-14)27-17-19(29)25-12-26-20(17)30-16-4-5-28(10-16)15-8-21-11-22-9-15/h6-9,11-12,16H,3-5,10H2,1-2H3. The van der Waals surface area contributed by atoms with Crippen LogP contribution in [0.3, 0.4) is 0 Å². The van der Waals surface area contributed by atoms with Crippen LogP contribution in [0.25, 0.3) is 22.6 Å². The zero-order chi connectivity index (χ0) is 20.5. The van der Waals surface area contributed by atoms with E-state index in [1.54, 1.807) is 12.4 Å². The molecule has 30 heavy (non-hydrogen) atoms. The summed E-state index contributed by atoms with van der Waals surface area (Å²) >= 11 is 0. The molecule has 0 saturated carbocycles. The fourth-order valence-corrected chi connectivity index (χ4v) is 3.70. The van der Waals surface area contributed by atoms with Gasteiger partial charge in [0.15, 0.2) is 11.2 Å². The largest absolute Gasteiger partial charge is 0.471 e. The van der Waals surface area contributed by atoms with E-state index in [0.29, 0.717) is 17.9 Å². The van der Waals surface area contributed by atoms with Crippen molar-refractivity contribution in [1.29, 1.82) is 0 Å². The van der Waals surface area contributed by atoms with Gasteiger partial charge in [0.2, 0.25) is 5.88 Å². The molecule has 1 fully saturated rings. The Labute approximate surface area is 173 Å². The van der Waals surface area contributed by atoms with Crippen LogP contribution in [0.2, 0.25) is 0 Å². The van der Waals surface area contributed by atoms with Gasteiger partial charge in [-0.1, -0.05) is 0 Å². The summed E-state index contributed by atoms with van der Waals surface area (Å²) in [6, 6.07) is 0. The molecular weight excluding hydrogens is 382 g/mol. The van der Waals surface area contributed by atoms with Crippen molar-refractivity contribution in [2.75, 3.05) is 18.0 Å². The second kappa shape index (κ2) is 7.62. The quantitative estimate of drug-likeness (QED) is 0.495. The molecule has 0 amide bonds. The van der Waals surface area contributed by atoms with Crippen LogP contribution in [0.15, 0.2) is 37.4 Å². The van der Waals surface area contributed by atoms with Gasteiger partial charge in [-0.3, -0.25) is 0 Å². The minimum absolute atomic E-state index is 0.00115. The fraction of sp³-hybridized carbons (Fsp3) is 0.350. The highest BCUT2D eigenvalue weighted by atomic mass is 16.5. The smallest absolute Gasteiger partial charge is 0.245 e. The highest BCUT2D eigenvalue weighted by Gasteiger charge is 2.27. The maximum Gasteiger partial charge on any atom is 0.245 e. The van der Waals surface area contributed by atoms with Crippen molar-refractivity contribution in [1.82, 2.24) is 39.5 Å². The van der Waals surface area contributed by atoms with E-state index in [9.17, 15) is 0 Å². The van der Waals surface area contributed by atoms with E-state index in [4.69, 9.17) is 9.72 Å². The molecular formula is C20H21N9O. The SMILES string of the molecule is CCn1c(-c2cnc(C)nc2)nc2c(OC3CCN(c4cncnc4)C3)ncnc21. The number of rotatable bonds is 5. The monoisotopic (exact) mass is 403 g/mol. The van der Waals surface area contributed by atoms with Crippen molar-refractivity contribution >= 4 is 16.9 Å². The first kappa shape index (κ1) is 18.3. The minimum atomic E-state index is 0.00115. The first-order valence-corrected chi connectivity index (χ1v) is 9.89.